The molecule has 27 heavy (non-hydrogen) atoms. The fraction of sp³-hybridized carbons (Fsp3) is 0.333. The van der Waals surface area contributed by atoms with E-state index in [4.69, 9.17) is 4.74 Å². The van der Waals surface area contributed by atoms with Gasteiger partial charge in [0.2, 0.25) is 5.91 Å². The molecule has 0 aliphatic carbocycles. The molecule has 0 saturated carbocycles. The highest BCUT2D eigenvalue weighted by molar-refractivity contribution is 5.94. The van der Waals surface area contributed by atoms with Crippen LogP contribution < -0.4 is 4.74 Å². The van der Waals surface area contributed by atoms with E-state index in [-0.39, 0.29) is 17.6 Å². The van der Waals surface area contributed by atoms with Crippen LogP contribution >= 0.6 is 0 Å². The van der Waals surface area contributed by atoms with E-state index in [2.05, 4.69) is 6.07 Å². The summed E-state index contributed by atoms with van der Waals surface area (Å²) in [7, 11) is 0. The topological polar surface area (TPSA) is 70.1 Å². The molecule has 2 aromatic rings. The Morgan fingerprint density at radius 3 is 2.41 bits per heavy atom. The molecule has 0 atom stereocenters. The number of carbonyl (C=O) groups is 2. The van der Waals surface area contributed by atoms with Crippen molar-refractivity contribution in [2.24, 2.45) is 0 Å². The van der Waals surface area contributed by atoms with Gasteiger partial charge in [-0.15, -0.1) is 0 Å². The van der Waals surface area contributed by atoms with Gasteiger partial charge >= 0.3 is 0 Å². The Morgan fingerprint density at radius 1 is 0.963 bits per heavy atom. The summed E-state index contributed by atoms with van der Waals surface area (Å²) in [6.07, 6.45) is 1.27. The Kier molecular flexibility index (Phi) is 4.71. The van der Waals surface area contributed by atoms with Crippen LogP contribution in [0.4, 0.5) is 0 Å². The van der Waals surface area contributed by atoms with E-state index in [1.54, 1.807) is 17.0 Å². The van der Waals surface area contributed by atoms with E-state index in [1.165, 1.54) is 17.7 Å². The molecule has 0 aromatic heterocycles. The molecule has 1 N–H and O–H groups in total. The van der Waals surface area contributed by atoms with Crippen LogP contribution in [0.3, 0.4) is 0 Å². The third-order valence-corrected chi connectivity index (χ3v) is 5.14. The number of phenols is 1. The summed E-state index contributed by atoms with van der Waals surface area (Å²) >= 11 is 0. The molecule has 6 heteroatoms. The van der Waals surface area contributed by atoms with E-state index >= 15 is 0 Å². The number of piperazine rings is 1. The lowest BCUT2D eigenvalue weighted by Crippen LogP contribution is -2.51. The average Bonchev–Trinajstić information content (AvgIpc) is 3.16. The number of phenolic OH excluding ortho intramolecular Hbond substituents is 1. The molecule has 6 nitrogen and oxygen atoms in total. The maximum Gasteiger partial charge on any atom is 0.253 e. The smallest absolute Gasteiger partial charge is 0.253 e. The molecule has 0 radical (unpaired) electrons. The zero-order valence-electron chi connectivity index (χ0n) is 15.1. The quantitative estimate of drug-likeness (QED) is 0.900. The number of rotatable bonds is 3. The highest BCUT2D eigenvalue weighted by Crippen LogP contribution is 2.26. The number of carbonyl (C=O) groups excluding carboxylic acids is 2. The maximum absolute atomic E-state index is 12.6. The predicted molar refractivity (Wildman–Crippen MR) is 99.9 cm³/mol. The molecule has 2 heterocycles. The Labute approximate surface area is 158 Å². The van der Waals surface area contributed by atoms with Crippen molar-refractivity contribution < 1.29 is 19.4 Å². The summed E-state index contributed by atoms with van der Waals surface area (Å²) in [5, 5.41) is 9.34. The third-order valence-electron chi connectivity index (χ3n) is 5.14. The first kappa shape index (κ1) is 17.4. The van der Waals surface area contributed by atoms with E-state index in [0.29, 0.717) is 44.8 Å². The van der Waals surface area contributed by atoms with Crippen LogP contribution in [0.5, 0.6) is 11.5 Å². The van der Waals surface area contributed by atoms with Gasteiger partial charge in [0.15, 0.2) is 0 Å². The summed E-state index contributed by atoms with van der Waals surface area (Å²) < 4.78 is 5.51. The average molecular weight is 366 g/mol. The largest absolute Gasteiger partial charge is 0.508 e. The van der Waals surface area contributed by atoms with Crippen molar-refractivity contribution in [2.75, 3.05) is 32.8 Å². The SMILES string of the molecule is O=C(Cc1ccc2c(c1)CCO2)N1CCN(C(=O)c2ccc(O)cc2)CC1. The number of nitrogens with zero attached hydrogens (tertiary/aromatic N) is 2. The van der Waals surface area contributed by atoms with Crippen molar-refractivity contribution in [3.8, 4) is 11.5 Å². The Hall–Kier alpha value is -3.02. The summed E-state index contributed by atoms with van der Waals surface area (Å²) in [6.45, 7) is 2.82. The van der Waals surface area contributed by atoms with E-state index < -0.39 is 0 Å². The van der Waals surface area contributed by atoms with Gasteiger partial charge in [0, 0.05) is 38.2 Å². The minimum Gasteiger partial charge on any atom is -0.508 e. The standard InChI is InChI=1S/C21H22N2O4/c24-18-4-2-16(3-5-18)21(26)23-10-8-22(9-11-23)20(25)14-15-1-6-19-17(13-15)7-12-27-19/h1-6,13,24H,7-12,14H2. The third kappa shape index (κ3) is 3.74. The highest BCUT2D eigenvalue weighted by atomic mass is 16.5. The second kappa shape index (κ2) is 7.31. The van der Waals surface area contributed by atoms with Crippen molar-refractivity contribution in [3.63, 3.8) is 0 Å². The number of hydrogen-bond acceptors (Lipinski definition) is 4. The minimum absolute atomic E-state index is 0.0688. The van der Waals surface area contributed by atoms with Crippen LogP contribution in [0.15, 0.2) is 42.5 Å². The number of hydrogen-bond donors (Lipinski definition) is 1. The summed E-state index contributed by atoms with van der Waals surface area (Å²) in [5.74, 6) is 1.08. The summed E-state index contributed by atoms with van der Waals surface area (Å²) in [6, 6.07) is 12.2. The molecular formula is C21H22N2O4. The lowest BCUT2D eigenvalue weighted by molar-refractivity contribution is -0.131. The Balaban J connectivity index is 1.32. The molecule has 0 bridgehead atoms. The Bertz CT molecular complexity index is 855. The number of benzene rings is 2. The second-order valence-electron chi connectivity index (χ2n) is 6.94. The molecule has 4 rings (SSSR count). The first-order valence-corrected chi connectivity index (χ1v) is 9.21. The molecule has 2 aliphatic heterocycles. The predicted octanol–water partition coefficient (Wildman–Crippen LogP) is 1.85. The van der Waals surface area contributed by atoms with Crippen molar-refractivity contribution in [3.05, 3.63) is 59.2 Å². The van der Waals surface area contributed by atoms with Crippen molar-refractivity contribution in [1.82, 2.24) is 9.80 Å². The van der Waals surface area contributed by atoms with Crippen LogP contribution in [0, 0.1) is 0 Å². The maximum atomic E-state index is 12.6. The molecule has 2 amide bonds. The molecular weight excluding hydrogens is 344 g/mol. The molecule has 1 saturated heterocycles. The summed E-state index contributed by atoms with van der Waals surface area (Å²) in [4.78, 5) is 28.7. The van der Waals surface area contributed by atoms with Gasteiger partial charge in [-0.05, 0) is 41.5 Å². The van der Waals surface area contributed by atoms with Crippen LogP contribution in [0.1, 0.15) is 21.5 Å². The molecule has 0 unspecified atom stereocenters. The van der Waals surface area contributed by atoms with E-state index in [9.17, 15) is 14.7 Å². The van der Waals surface area contributed by atoms with E-state index in [1.807, 2.05) is 17.0 Å². The monoisotopic (exact) mass is 366 g/mol. The van der Waals surface area contributed by atoms with Crippen LogP contribution in [-0.4, -0.2) is 59.5 Å². The fourth-order valence-corrected chi connectivity index (χ4v) is 3.58. The van der Waals surface area contributed by atoms with Crippen molar-refractivity contribution in [2.45, 2.75) is 12.8 Å². The molecule has 2 aromatic carbocycles. The molecule has 0 spiro atoms. The number of amides is 2. The lowest BCUT2D eigenvalue weighted by Gasteiger charge is -2.35. The Morgan fingerprint density at radius 2 is 1.67 bits per heavy atom. The van der Waals surface area contributed by atoms with Gasteiger partial charge in [-0.1, -0.05) is 12.1 Å². The van der Waals surface area contributed by atoms with Crippen molar-refractivity contribution in [1.29, 1.82) is 0 Å². The normalized spacial score (nSPS) is 16.0. The first-order valence-electron chi connectivity index (χ1n) is 9.21. The van der Waals surface area contributed by atoms with Gasteiger partial charge in [0.05, 0.1) is 13.0 Å². The number of ether oxygens (including phenoxy) is 1. The molecule has 140 valence electrons. The van der Waals surface area contributed by atoms with Gasteiger partial charge in [-0.2, -0.15) is 0 Å². The summed E-state index contributed by atoms with van der Waals surface area (Å²) in [5.41, 5.74) is 2.73. The van der Waals surface area contributed by atoms with Gasteiger partial charge in [0.1, 0.15) is 11.5 Å². The van der Waals surface area contributed by atoms with Gasteiger partial charge in [-0.25, -0.2) is 0 Å². The minimum atomic E-state index is -0.0688. The van der Waals surface area contributed by atoms with Gasteiger partial charge in [-0.3, -0.25) is 9.59 Å². The second-order valence-corrected chi connectivity index (χ2v) is 6.94. The zero-order chi connectivity index (χ0) is 18.8. The zero-order valence-corrected chi connectivity index (χ0v) is 15.1. The van der Waals surface area contributed by atoms with Crippen LogP contribution in [0.2, 0.25) is 0 Å². The van der Waals surface area contributed by atoms with E-state index in [0.717, 1.165) is 17.7 Å². The van der Waals surface area contributed by atoms with Gasteiger partial charge < -0.3 is 19.6 Å². The first-order chi connectivity index (χ1) is 13.1. The number of aromatic hydroxyl groups is 1. The van der Waals surface area contributed by atoms with Crippen LogP contribution in [0.25, 0.3) is 0 Å². The van der Waals surface area contributed by atoms with Gasteiger partial charge in [0.25, 0.3) is 5.91 Å². The van der Waals surface area contributed by atoms with Crippen LogP contribution in [-0.2, 0) is 17.6 Å². The molecule has 2 aliphatic rings. The lowest BCUT2D eigenvalue weighted by atomic mass is 10.1. The van der Waals surface area contributed by atoms with Crippen molar-refractivity contribution >= 4 is 11.8 Å². The molecule has 1 fully saturated rings. The highest BCUT2D eigenvalue weighted by Gasteiger charge is 2.25. The fourth-order valence-electron chi connectivity index (χ4n) is 3.58. The number of fused-ring (bicyclic) bond motifs is 1.